The maximum atomic E-state index is 5.86. The molecule has 0 saturated carbocycles. The molecule has 0 saturated heterocycles. The molecule has 0 fully saturated rings. The normalized spacial score (nSPS) is 11.6. The Morgan fingerprint density at radius 3 is 2.50 bits per heavy atom. The Labute approximate surface area is 112 Å². The van der Waals surface area contributed by atoms with Crippen molar-refractivity contribution in [2.45, 2.75) is 59.0 Å². The lowest BCUT2D eigenvalue weighted by atomic mass is 10.1. The van der Waals surface area contributed by atoms with E-state index in [0.29, 0.717) is 0 Å². The monoisotopic (exact) mass is 249 g/mol. The average Bonchev–Trinajstić information content (AvgIpc) is 2.32. The first kappa shape index (κ1) is 15.0. The Bertz CT molecular complexity index is 341. The predicted molar refractivity (Wildman–Crippen MR) is 78.1 cm³/mol. The summed E-state index contributed by atoms with van der Waals surface area (Å²) in [7, 11) is 0. The van der Waals surface area contributed by atoms with E-state index in [1.807, 2.05) is 6.07 Å². The molecule has 1 aromatic carbocycles. The summed E-state index contributed by atoms with van der Waals surface area (Å²) in [5.41, 5.74) is 1.37. The number of unbranched alkanes of at least 4 members (excludes halogenated alkanes) is 2. The molecule has 0 aliphatic rings. The molecule has 0 aliphatic carbocycles. The molecule has 0 unspecified atom stereocenters. The molecule has 18 heavy (non-hydrogen) atoms. The van der Waals surface area contributed by atoms with Crippen molar-refractivity contribution >= 4 is 0 Å². The van der Waals surface area contributed by atoms with E-state index in [1.54, 1.807) is 0 Å². The summed E-state index contributed by atoms with van der Waals surface area (Å²) in [6, 6.07) is 8.30. The van der Waals surface area contributed by atoms with Crippen LogP contribution in [0.15, 0.2) is 24.3 Å². The predicted octanol–water partition coefficient (Wildman–Crippen LogP) is 4.14. The van der Waals surface area contributed by atoms with Crippen LogP contribution in [0.25, 0.3) is 0 Å². The molecule has 0 spiro atoms. The van der Waals surface area contributed by atoms with Gasteiger partial charge in [-0.25, -0.2) is 0 Å². The third-order valence-corrected chi connectivity index (χ3v) is 2.79. The van der Waals surface area contributed by atoms with Gasteiger partial charge in [-0.2, -0.15) is 0 Å². The van der Waals surface area contributed by atoms with Crippen molar-refractivity contribution in [1.82, 2.24) is 5.32 Å². The Morgan fingerprint density at radius 2 is 1.83 bits per heavy atom. The van der Waals surface area contributed by atoms with Crippen LogP contribution >= 0.6 is 0 Å². The van der Waals surface area contributed by atoms with Crippen LogP contribution in [0, 0.1) is 0 Å². The highest BCUT2D eigenvalue weighted by Crippen LogP contribution is 2.19. The number of benzene rings is 1. The van der Waals surface area contributed by atoms with Gasteiger partial charge in [0.25, 0.3) is 0 Å². The minimum atomic E-state index is 0.134. The number of para-hydroxylation sites is 1. The zero-order valence-electron chi connectivity index (χ0n) is 12.3. The summed E-state index contributed by atoms with van der Waals surface area (Å²) in [5.74, 6) is 1.02. The fraction of sp³-hybridized carbons (Fsp3) is 0.625. The molecule has 0 atom stereocenters. The summed E-state index contributed by atoms with van der Waals surface area (Å²) >= 11 is 0. The van der Waals surface area contributed by atoms with Gasteiger partial charge in [0.2, 0.25) is 0 Å². The van der Waals surface area contributed by atoms with E-state index in [0.717, 1.165) is 25.3 Å². The first-order chi connectivity index (χ1) is 8.53. The summed E-state index contributed by atoms with van der Waals surface area (Å²) in [5, 5.41) is 3.50. The Morgan fingerprint density at radius 1 is 1.11 bits per heavy atom. The number of hydrogen-bond donors (Lipinski definition) is 1. The van der Waals surface area contributed by atoms with Crippen LogP contribution in [0.1, 0.15) is 52.5 Å². The number of hydrogen-bond acceptors (Lipinski definition) is 2. The van der Waals surface area contributed by atoms with E-state index < -0.39 is 0 Å². The van der Waals surface area contributed by atoms with E-state index in [4.69, 9.17) is 4.74 Å². The van der Waals surface area contributed by atoms with E-state index in [2.05, 4.69) is 51.2 Å². The average molecular weight is 249 g/mol. The first-order valence-corrected chi connectivity index (χ1v) is 6.98. The second-order valence-electron chi connectivity index (χ2n) is 5.77. The molecule has 0 heterocycles. The summed E-state index contributed by atoms with van der Waals surface area (Å²) in [6.07, 6.45) is 3.61. The molecule has 1 N–H and O–H groups in total. The van der Waals surface area contributed by atoms with Gasteiger partial charge in [0.05, 0.1) is 6.61 Å². The topological polar surface area (TPSA) is 21.3 Å². The largest absolute Gasteiger partial charge is 0.493 e. The van der Waals surface area contributed by atoms with Crippen molar-refractivity contribution in [3.05, 3.63) is 29.8 Å². The van der Waals surface area contributed by atoms with E-state index in [9.17, 15) is 0 Å². The molecule has 1 aromatic rings. The van der Waals surface area contributed by atoms with Gasteiger partial charge in [0.1, 0.15) is 5.75 Å². The van der Waals surface area contributed by atoms with Gasteiger partial charge < -0.3 is 10.1 Å². The molecule has 0 aromatic heterocycles. The summed E-state index contributed by atoms with van der Waals surface area (Å²) in [6.45, 7) is 10.4. The Balaban J connectivity index is 2.51. The molecule has 0 amide bonds. The first-order valence-electron chi connectivity index (χ1n) is 6.98. The van der Waals surface area contributed by atoms with Crippen molar-refractivity contribution in [3.8, 4) is 5.75 Å². The molecular weight excluding hydrogens is 222 g/mol. The number of ether oxygens (including phenoxy) is 1. The Kier molecular flexibility index (Phi) is 6.20. The van der Waals surface area contributed by atoms with E-state index in [1.165, 1.54) is 18.4 Å². The van der Waals surface area contributed by atoms with Crippen LogP contribution in [0.3, 0.4) is 0 Å². The number of nitrogens with one attached hydrogen (secondary N) is 1. The van der Waals surface area contributed by atoms with Crippen molar-refractivity contribution < 1.29 is 4.74 Å². The van der Waals surface area contributed by atoms with Crippen LogP contribution < -0.4 is 10.1 Å². The molecule has 0 radical (unpaired) electrons. The highest BCUT2D eigenvalue weighted by Gasteiger charge is 2.10. The fourth-order valence-electron chi connectivity index (χ4n) is 1.69. The fourth-order valence-corrected chi connectivity index (χ4v) is 1.69. The number of rotatable bonds is 7. The molecule has 102 valence electrons. The van der Waals surface area contributed by atoms with Crippen molar-refractivity contribution in [2.24, 2.45) is 0 Å². The van der Waals surface area contributed by atoms with Gasteiger partial charge in [-0.3, -0.25) is 0 Å². The standard InChI is InChI=1S/C16H27NO/c1-5-6-9-12-18-15-11-8-7-10-14(15)13-17-16(2,3)4/h7-8,10-11,17H,5-6,9,12-13H2,1-4H3. The quantitative estimate of drug-likeness (QED) is 0.733. The van der Waals surface area contributed by atoms with Gasteiger partial charge in [-0.15, -0.1) is 0 Å². The lowest BCUT2D eigenvalue weighted by Gasteiger charge is -2.21. The minimum absolute atomic E-state index is 0.134. The van der Waals surface area contributed by atoms with Crippen LogP contribution in [-0.2, 0) is 6.54 Å². The third kappa shape index (κ3) is 6.06. The zero-order valence-corrected chi connectivity index (χ0v) is 12.3. The highest BCUT2D eigenvalue weighted by molar-refractivity contribution is 5.33. The smallest absolute Gasteiger partial charge is 0.123 e. The van der Waals surface area contributed by atoms with E-state index >= 15 is 0 Å². The second-order valence-corrected chi connectivity index (χ2v) is 5.77. The van der Waals surface area contributed by atoms with Crippen LogP contribution in [0.4, 0.5) is 0 Å². The molecule has 1 rings (SSSR count). The van der Waals surface area contributed by atoms with Crippen molar-refractivity contribution in [1.29, 1.82) is 0 Å². The molecule has 0 aliphatic heterocycles. The van der Waals surface area contributed by atoms with Gasteiger partial charge in [0.15, 0.2) is 0 Å². The maximum Gasteiger partial charge on any atom is 0.123 e. The van der Waals surface area contributed by atoms with Crippen molar-refractivity contribution in [3.63, 3.8) is 0 Å². The van der Waals surface area contributed by atoms with Gasteiger partial charge in [-0.1, -0.05) is 38.0 Å². The van der Waals surface area contributed by atoms with Crippen LogP contribution in [-0.4, -0.2) is 12.1 Å². The second kappa shape index (κ2) is 7.42. The molecule has 2 nitrogen and oxygen atoms in total. The molecule has 2 heteroatoms. The van der Waals surface area contributed by atoms with Gasteiger partial charge >= 0.3 is 0 Å². The molecular formula is C16H27NO. The lowest BCUT2D eigenvalue weighted by molar-refractivity contribution is 0.300. The third-order valence-electron chi connectivity index (χ3n) is 2.79. The SMILES string of the molecule is CCCCCOc1ccccc1CNC(C)(C)C. The van der Waals surface area contributed by atoms with Gasteiger partial charge in [-0.05, 0) is 33.3 Å². The summed E-state index contributed by atoms with van der Waals surface area (Å²) in [4.78, 5) is 0. The Hall–Kier alpha value is -1.02. The maximum absolute atomic E-state index is 5.86. The molecule has 0 bridgehead atoms. The highest BCUT2D eigenvalue weighted by atomic mass is 16.5. The van der Waals surface area contributed by atoms with Crippen LogP contribution in [0.5, 0.6) is 5.75 Å². The minimum Gasteiger partial charge on any atom is -0.493 e. The van der Waals surface area contributed by atoms with Gasteiger partial charge in [0, 0.05) is 17.6 Å². The zero-order chi connectivity index (χ0) is 13.4. The van der Waals surface area contributed by atoms with E-state index in [-0.39, 0.29) is 5.54 Å². The lowest BCUT2D eigenvalue weighted by Crippen LogP contribution is -2.35. The van der Waals surface area contributed by atoms with Crippen molar-refractivity contribution in [2.75, 3.05) is 6.61 Å². The summed E-state index contributed by atoms with van der Waals surface area (Å²) < 4.78 is 5.86. The van der Waals surface area contributed by atoms with Crippen LogP contribution in [0.2, 0.25) is 0 Å².